The van der Waals surface area contributed by atoms with Gasteiger partial charge in [-0.05, 0) is 25.0 Å². The van der Waals surface area contributed by atoms with Gasteiger partial charge in [0.2, 0.25) is 5.91 Å². The van der Waals surface area contributed by atoms with Gasteiger partial charge in [0.05, 0.1) is 5.92 Å². The summed E-state index contributed by atoms with van der Waals surface area (Å²) in [6.07, 6.45) is 2.30. The van der Waals surface area contributed by atoms with E-state index in [-0.39, 0.29) is 23.0 Å². The molecule has 94 valence electrons. The average Bonchev–Trinajstić information content (AvgIpc) is 2.94. The number of benzene rings is 1. The van der Waals surface area contributed by atoms with Gasteiger partial charge < -0.3 is 4.90 Å². The topological polar surface area (TPSA) is 37.4 Å². The Hall–Kier alpha value is -1.29. The van der Waals surface area contributed by atoms with Crippen LogP contribution >= 0.6 is 11.8 Å². The standard InChI is InChI=1S/C14H15NO2S/c16-13-7-6-12-11(8-9-15(12)13)14(17)18-10-4-2-1-3-5-10/h1-5,11-12H,6-9H2/t11-,12+/m0/s1. The molecule has 0 N–H and O–H groups in total. The molecule has 1 amide bonds. The van der Waals surface area contributed by atoms with Crippen molar-refractivity contribution < 1.29 is 9.59 Å². The van der Waals surface area contributed by atoms with E-state index >= 15 is 0 Å². The van der Waals surface area contributed by atoms with E-state index in [1.165, 1.54) is 11.8 Å². The fourth-order valence-electron chi connectivity index (χ4n) is 2.89. The van der Waals surface area contributed by atoms with Crippen LogP contribution in [0.5, 0.6) is 0 Å². The van der Waals surface area contributed by atoms with Crippen LogP contribution in [-0.2, 0) is 9.59 Å². The highest BCUT2D eigenvalue weighted by atomic mass is 32.2. The first-order chi connectivity index (χ1) is 8.75. The van der Waals surface area contributed by atoms with Crippen LogP contribution in [-0.4, -0.2) is 28.5 Å². The molecule has 0 spiro atoms. The van der Waals surface area contributed by atoms with Gasteiger partial charge in [0.25, 0.3) is 0 Å². The third-order valence-corrected chi connectivity index (χ3v) is 4.80. The number of rotatable bonds is 2. The van der Waals surface area contributed by atoms with Crippen molar-refractivity contribution in [1.82, 2.24) is 4.90 Å². The molecule has 0 unspecified atom stereocenters. The van der Waals surface area contributed by atoms with Gasteiger partial charge in [-0.2, -0.15) is 0 Å². The Morgan fingerprint density at radius 3 is 2.78 bits per heavy atom. The molecule has 2 fully saturated rings. The van der Waals surface area contributed by atoms with E-state index in [0.717, 1.165) is 24.3 Å². The largest absolute Gasteiger partial charge is 0.339 e. The lowest BCUT2D eigenvalue weighted by Crippen LogP contribution is -2.31. The number of carbonyl (C=O) groups is 2. The SMILES string of the molecule is O=C(Sc1ccccc1)[C@H]1CCN2C(=O)CC[C@H]12. The molecule has 0 radical (unpaired) electrons. The van der Waals surface area contributed by atoms with E-state index in [9.17, 15) is 9.59 Å². The van der Waals surface area contributed by atoms with E-state index in [2.05, 4.69) is 0 Å². The first-order valence-electron chi connectivity index (χ1n) is 6.32. The van der Waals surface area contributed by atoms with Crippen molar-refractivity contribution in [3.63, 3.8) is 0 Å². The molecule has 3 nitrogen and oxygen atoms in total. The molecule has 0 saturated carbocycles. The minimum atomic E-state index is 0.0293. The molecule has 1 aromatic rings. The van der Waals surface area contributed by atoms with E-state index in [1.54, 1.807) is 0 Å². The zero-order valence-electron chi connectivity index (χ0n) is 10.0. The Morgan fingerprint density at radius 1 is 1.22 bits per heavy atom. The van der Waals surface area contributed by atoms with Crippen LogP contribution in [0.2, 0.25) is 0 Å². The van der Waals surface area contributed by atoms with Gasteiger partial charge >= 0.3 is 0 Å². The Labute approximate surface area is 111 Å². The van der Waals surface area contributed by atoms with Crippen LogP contribution in [0, 0.1) is 5.92 Å². The number of hydrogen-bond acceptors (Lipinski definition) is 3. The minimum absolute atomic E-state index is 0.0293. The maximum absolute atomic E-state index is 12.3. The molecule has 0 aromatic heterocycles. The highest BCUT2D eigenvalue weighted by Crippen LogP contribution is 2.37. The minimum Gasteiger partial charge on any atom is -0.339 e. The second-order valence-electron chi connectivity index (χ2n) is 4.82. The number of amides is 1. The van der Waals surface area contributed by atoms with Crippen molar-refractivity contribution in [2.45, 2.75) is 30.2 Å². The summed E-state index contributed by atoms with van der Waals surface area (Å²) >= 11 is 1.31. The normalized spacial score (nSPS) is 26.4. The maximum atomic E-state index is 12.3. The van der Waals surface area contributed by atoms with Gasteiger partial charge in [-0.3, -0.25) is 9.59 Å². The summed E-state index contributed by atoms with van der Waals surface area (Å²) in [7, 11) is 0. The number of thioether (sulfide) groups is 1. The molecule has 0 aliphatic carbocycles. The molecule has 2 heterocycles. The maximum Gasteiger partial charge on any atom is 0.222 e. The third-order valence-electron chi connectivity index (χ3n) is 3.78. The van der Waals surface area contributed by atoms with E-state index in [4.69, 9.17) is 0 Å². The zero-order chi connectivity index (χ0) is 12.5. The first-order valence-corrected chi connectivity index (χ1v) is 7.13. The van der Waals surface area contributed by atoms with Crippen LogP contribution < -0.4 is 0 Å². The fraction of sp³-hybridized carbons (Fsp3) is 0.429. The zero-order valence-corrected chi connectivity index (χ0v) is 10.9. The molecule has 0 bridgehead atoms. The summed E-state index contributed by atoms with van der Waals surface area (Å²) in [5.74, 6) is 0.252. The number of carbonyl (C=O) groups excluding carboxylic acids is 2. The second kappa shape index (κ2) is 4.76. The summed E-state index contributed by atoms with van der Waals surface area (Å²) in [4.78, 5) is 26.8. The van der Waals surface area contributed by atoms with Crippen molar-refractivity contribution in [1.29, 1.82) is 0 Å². The van der Waals surface area contributed by atoms with Gasteiger partial charge in [0.1, 0.15) is 0 Å². The molecule has 2 saturated heterocycles. The predicted octanol–water partition coefficient (Wildman–Crippen LogP) is 2.32. The molecule has 18 heavy (non-hydrogen) atoms. The van der Waals surface area contributed by atoms with Crippen LogP contribution in [0.25, 0.3) is 0 Å². The molecular weight excluding hydrogens is 246 g/mol. The smallest absolute Gasteiger partial charge is 0.222 e. The summed E-state index contributed by atoms with van der Waals surface area (Å²) in [5, 5.41) is 0.211. The summed E-state index contributed by atoms with van der Waals surface area (Å²) in [6, 6.07) is 9.90. The lowest BCUT2D eigenvalue weighted by molar-refractivity contribution is -0.128. The molecule has 2 aliphatic rings. The van der Waals surface area contributed by atoms with Crippen LogP contribution in [0.1, 0.15) is 19.3 Å². The lowest BCUT2D eigenvalue weighted by atomic mass is 10.0. The summed E-state index contributed by atoms with van der Waals surface area (Å²) in [6.45, 7) is 0.759. The van der Waals surface area contributed by atoms with Crippen molar-refractivity contribution in [3.8, 4) is 0 Å². The third kappa shape index (κ3) is 2.05. The molecule has 2 aliphatic heterocycles. The Bertz CT molecular complexity index is 474. The van der Waals surface area contributed by atoms with Crippen LogP contribution in [0.4, 0.5) is 0 Å². The van der Waals surface area contributed by atoms with Crippen LogP contribution in [0.15, 0.2) is 35.2 Å². The van der Waals surface area contributed by atoms with Gasteiger partial charge in [-0.15, -0.1) is 0 Å². The van der Waals surface area contributed by atoms with Crippen molar-refractivity contribution in [3.05, 3.63) is 30.3 Å². The molecule has 3 rings (SSSR count). The predicted molar refractivity (Wildman–Crippen MR) is 70.1 cm³/mol. The summed E-state index contributed by atoms with van der Waals surface area (Å²) in [5.41, 5.74) is 0. The number of nitrogens with zero attached hydrogens (tertiary/aromatic N) is 1. The van der Waals surface area contributed by atoms with E-state index in [1.807, 2.05) is 35.2 Å². The molecule has 2 atom stereocenters. The number of hydrogen-bond donors (Lipinski definition) is 0. The van der Waals surface area contributed by atoms with Crippen molar-refractivity contribution in [2.75, 3.05) is 6.54 Å². The fourth-order valence-corrected chi connectivity index (χ4v) is 3.84. The van der Waals surface area contributed by atoms with Gasteiger partial charge in [-0.25, -0.2) is 0 Å². The van der Waals surface area contributed by atoms with E-state index < -0.39 is 0 Å². The van der Waals surface area contributed by atoms with Crippen LogP contribution in [0.3, 0.4) is 0 Å². The quantitative estimate of drug-likeness (QED) is 0.767. The highest BCUT2D eigenvalue weighted by Gasteiger charge is 2.44. The van der Waals surface area contributed by atoms with Crippen molar-refractivity contribution in [2.24, 2.45) is 5.92 Å². The van der Waals surface area contributed by atoms with Gasteiger partial charge in [-0.1, -0.05) is 30.0 Å². The average molecular weight is 261 g/mol. The Morgan fingerprint density at radius 2 is 2.00 bits per heavy atom. The Balaban J connectivity index is 1.69. The molecular formula is C14H15NO2S. The lowest BCUT2D eigenvalue weighted by Gasteiger charge is -2.18. The molecule has 4 heteroatoms. The summed E-state index contributed by atoms with van der Waals surface area (Å²) < 4.78 is 0. The second-order valence-corrected chi connectivity index (χ2v) is 5.90. The van der Waals surface area contributed by atoms with Gasteiger partial charge in [0.15, 0.2) is 5.12 Å². The Kier molecular flexibility index (Phi) is 3.12. The van der Waals surface area contributed by atoms with Crippen molar-refractivity contribution >= 4 is 22.8 Å². The molecule has 1 aromatic carbocycles. The first kappa shape index (κ1) is 11.8. The van der Waals surface area contributed by atoms with E-state index in [0.29, 0.717) is 6.42 Å². The highest BCUT2D eigenvalue weighted by molar-refractivity contribution is 8.13. The monoisotopic (exact) mass is 261 g/mol. The number of fused-ring (bicyclic) bond motifs is 1. The van der Waals surface area contributed by atoms with Gasteiger partial charge in [0, 0.05) is 23.9 Å².